The van der Waals surface area contributed by atoms with Gasteiger partial charge in [0.1, 0.15) is 5.75 Å². The summed E-state index contributed by atoms with van der Waals surface area (Å²) in [6, 6.07) is 8.10. The van der Waals surface area contributed by atoms with E-state index in [2.05, 4.69) is 0 Å². The first kappa shape index (κ1) is 11.8. The summed E-state index contributed by atoms with van der Waals surface area (Å²) < 4.78 is 5.80. The molecule has 1 aromatic carbocycles. The fraction of sp³-hybridized carbons (Fsp3) is 0.0833. The van der Waals surface area contributed by atoms with Crippen molar-refractivity contribution in [2.75, 3.05) is 0 Å². The van der Waals surface area contributed by atoms with E-state index >= 15 is 0 Å². The number of aryl methyl sites for hydroxylation is 1. The van der Waals surface area contributed by atoms with Crippen LogP contribution in [0, 0.1) is 22.2 Å². The van der Waals surface area contributed by atoms with Crippen LogP contribution in [0.4, 0.5) is 5.69 Å². The zero-order valence-corrected chi connectivity index (χ0v) is 9.57. The van der Waals surface area contributed by atoms with Gasteiger partial charge in [-0.15, -0.1) is 0 Å². The highest BCUT2D eigenvalue weighted by Gasteiger charge is 2.19. The topological polar surface area (TPSA) is 79.3 Å². The maximum atomic E-state index is 11.1. The summed E-state index contributed by atoms with van der Waals surface area (Å²) in [5.41, 5.74) is 0.798. The second-order valence-electron chi connectivity index (χ2n) is 3.73. The summed E-state index contributed by atoms with van der Waals surface area (Å²) in [6.45, 7) is 1.92. The van der Waals surface area contributed by atoms with E-state index in [0.29, 0.717) is 10.5 Å². The quantitative estimate of drug-likeness (QED) is 0.360. The Bertz CT molecular complexity index is 581. The minimum atomic E-state index is -0.594. The molecule has 1 aromatic heterocycles. The third kappa shape index (κ3) is 2.54. The van der Waals surface area contributed by atoms with Crippen LogP contribution < -0.4 is 9.47 Å². The average Bonchev–Trinajstić information content (AvgIpc) is 2.32. The molecule has 0 unspecified atom stereocenters. The maximum absolute atomic E-state index is 11.1. The first-order valence-electron chi connectivity index (χ1n) is 5.18. The molecule has 0 aliphatic heterocycles. The van der Waals surface area contributed by atoms with Crippen molar-refractivity contribution in [3.8, 4) is 11.5 Å². The normalized spacial score (nSPS) is 10.1. The molecule has 0 spiro atoms. The minimum absolute atomic E-state index is 0.0821. The Morgan fingerprint density at radius 1 is 1.22 bits per heavy atom. The number of benzene rings is 1. The van der Waals surface area contributed by atoms with Crippen molar-refractivity contribution in [2.45, 2.75) is 6.92 Å². The van der Waals surface area contributed by atoms with E-state index in [0.717, 1.165) is 24.0 Å². The summed E-state index contributed by atoms with van der Waals surface area (Å²) in [4.78, 5) is 10.2. The number of hydrogen-bond donors (Lipinski definition) is 0. The molecule has 6 heteroatoms. The van der Waals surface area contributed by atoms with Crippen molar-refractivity contribution >= 4 is 5.69 Å². The van der Waals surface area contributed by atoms with Crippen LogP contribution in [0.25, 0.3) is 0 Å². The van der Waals surface area contributed by atoms with Crippen LogP contribution in [0.1, 0.15) is 5.56 Å². The van der Waals surface area contributed by atoms with Crippen molar-refractivity contribution < 1.29 is 14.4 Å². The Morgan fingerprint density at radius 2 is 1.89 bits per heavy atom. The van der Waals surface area contributed by atoms with Gasteiger partial charge in [-0.05, 0) is 19.1 Å². The van der Waals surface area contributed by atoms with Crippen LogP contribution in [0.3, 0.4) is 0 Å². The second kappa shape index (κ2) is 4.70. The van der Waals surface area contributed by atoms with Crippen molar-refractivity contribution in [3.05, 3.63) is 63.6 Å². The van der Waals surface area contributed by atoms with Gasteiger partial charge in [0.15, 0.2) is 6.20 Å². The molecule has 0 N–H and O–H groups in total. The molecule has 0 saturated carbocycles. The van der Waals surface area contributed by atoms with Gasteiger partial charge in [0, 0.05) is 0 Å². The first-order valence-corrected chi connectivity index (χ1v) is 5.18. The number of aromatic nitrogens is 1. The lowest BCUT2D eigenvalue weighted by molar-refractivity contribution is -0.606. The third-order valence-corrected chi connectivity index (χ3v) is 2.32. The molecule has 0 aliphatic carbocycles. The SMILES string of the molecule is Cc1ccc(Oc2c[n+]([O-])ccc2[N+](=O)[O-])cc1. The van der Waals surface area contributed by atoms with E-state index < -0.39 is 4.92 Å². The van der Waals surface area contributed by atoms with Gasteiger partial charge in [0.25, 0.3) is 5.75 Å². The zero-order chi connectivity index (χ0) is 13.1. The molecule has 0 amide bonds. The molecule has 0 radical (unpaired) electrons. The first-order chi connectivity index (χ1) is 8.56. The molecular weight excluding hydrogens is 236 g/mol. The zero-order valence-electron chi connectivity index (χ0n) is 9.57. The molecular formula is C12H10N2O4. The lowest BCUT2D eigenvalue weighted by Gasteiger charge is -2.05. The standard InChI is InChI=1S/C12H10N2O4/c1-9-2-4-10(5-3-9)18-12-8-13(15)7-6-11(12)14(16)17/h2-8H,1H3. The summed E-state index contributed by atoms with van der Waals surface area (Å²) in [5.74, 6) is 0.358. The molecule has 0 aliphatic rings. The van der Waals surface area contributed by atoms with E-state index in [4.69, 9.17) is 4.74 Å². The summed E-state index contributed by atoms with van der Waals surface area (Å²) >= 11 is 0. The number of pyridine rings is 1. The highest BCUT2D eigenvalue weighted by atomic mass is 16.6. The van der Waals surface area contributed by atoms with Crippen molar-refractivity contribution in [2.24, 2.45) is 0 Å². The fourth-order valence-corrected chi connectivity index (χ4v) is 1.41. The van der Waals surface area contributed by atoms with Gasteiger partial charge in [-0.2, -0.15) is 4.73 Å². The van der Waals surface area contributed by atoms with E-state index in [-0.39, 0.29) is 11.4 Å². The van der Waals surface area contributed by atoms with E-state index in [1.807, 2.05) is 19.1 Å². The minimum Gasteiger partial charge on any atom is -0.619 e. The van der Waals surface area contributed by atoms with Gasteiger partial charge in [0.05, 0.1) is 11.0 Å². The Kier molecular flexibility index (Phi) is 3.09. The van der Waals surface area contributed by atoms with Gasteiger partial charge in [-0.1, -0.05) is 17.7 Å². The number of hydrogen-bond acceptors (Lipinski definition) is 4. The lowest BCUT2D eigenvalue weighted by atomic mass is 10.2. The maximum Gasteiger partial charge on any atom is 0.323 e. The molecule has 92 valence electrons. The predicted molar refractivity (Wildman–Crippen MR) is 63.3 cm³/mol. The molecule has 1 heterocycles. The number of nitro groups is 1. The Balaban J connectivity index is 2.35. The van der Waals surface area contributed by atoms with Crippen molar-refractivity contribution in [1.29, 1.82) is 0 Å². The lowest BCUT2D eigenvalue weighted by Crippen LogP contribution is -2.24. The molecule has 2 rings (SSSR count). The molecule has 0 atom stereocenters. The Hall–Kier alpha value is -2.63. The van der Waals surface area contributed by atoms with Crippen LogP contribution in [0.15, 0.2) is 42.7 Å². The summed E-state index contributed by atoms with van der Waals surface area (Å²) in [6.07, 6.45) is 2.08. The third-order valence-electron chi connectivity index (χ3n) is 2.32. The Morgan fingerprint density at radius 3 is 2.50 bits per heavy atom. The molecule has 0 saturated heterocycles. The highest BCUT2D eigenvalue weighted by molar-refractivity contribution is 5.45. The molecule has 2 aromatic rings. The van der Waals surface area contributed by atoms with Crippen LogP contribution >= 0.6 is 0 Å². The van der Waals surface area contributed by atoms with E-state index in [1.54, 1.807) is 12.1 Å². The van der Waals surface area contributed by atoms with Crippen LogP contribution in [0.2, 0.25) is 0 Å². The van der Waals surface area contributed by atoms with Crippen LogP contribution in [-0.4, -0.2) is 4.92 Å². The predicted octanol–water partition coefficient (Wildman–Crippen LogP) is 2.33. The van der Waals surface area contributed by atoms with Gasteiger partial charge < -0.3 is 9.94 Å². The summed E-state index contributed by atoms with van der Waals surface area (Å²) in [7, 11) is 0. The van der Waals surface area contributed by atoms with Gasteiger partial charge in [-0.25, -0.2) is 0 Å². The number of nitrogens with zero attached hydrogens (tertiary/aromatic N) is 2. The van der Waals surface area contributed by atoms with E-state index in [9.17, 15) is 15.3 Å². The molecule has 0 bridgehead atoms. The Labute approximate surface area is 103 Å². The summed E-state index contributed by atoms with van der Waals surface area (Å²) in [5, 5.41) is 21.9. The fourth-order valence-electron chi connectivity index (χ4n) is 1.41. The van der Waals surface area contributed by atoms with Crippen molar-refractivity contribution in [1.82, 2.24) is 0 Å². The van der Waals surface area contributed by atoms with Gasteiger partial charge in [-0.3, -0.25) is 10.1 Å². The number of ether oxygens (including phenoxy) is 1. The molecule has 6 nitrogen and oxygen atoms in total. The number of rotatable bonds is 3. The van der Waals surface area contributed by atoms with E-state index in [1.165, 1.54) is 0 Å². The largest absolute Gasteiger partial charge is 0.619 e. The van der Waals surface area contributed by atoms with Crippen molar-refractivity contribution in [3.63, 3.8) is 0 Å². The van der Waals surface area contributed by atoms with Crippen LogP contribution in [0.5, 0.6) is 11.5 Å². The highest BCUT2D eigenvalue weighted by Crippen LogP contribution is 2.29. The molecule has 18 heavy (non-hydrogen) atoms. The monoisotopic (exact) mass is 246 g/mol. The van der Waals surface area contributed by atoms with Crippen LogP contribution in [-0.2, 0) is 0 Å². The molecule has 0 fully saturated rings. The van der Waals surface area contributed by atoms with Gasteiger partial charge >= 0.3 is 5.69 Å². The average molecular weight is 246 g/mol. The van der Waals surface area contributed by atoms with Gasteiger partial charge in [0.2, 0.25) is 6.20 Å². The second-order valence-corrected chi connectivity index (χ2v) is 3.73. The smallest absolute Gasteiger partial charge is 0.323 e.